The molecule has 0 spiro atoms. The van der Waals surface area contributed by atoms with E-state index in [2.05, 4.69) is 6.92 Å². The maximum Gasteiger partial charge on any atom is 0.337 e. The Labute approximate surface area is 101 Å². The summed E-state index contributed by atoms with van der Waals surface area (Å²) in [5.41, 5.74) is 2.47. The molecule has 0 bridgehead atoms. The van der Waals surface area contributed by atoms with E-state index in [9.17, 15) is 4.79 Å². The Morgan fingerprint density at radius 3 is 2.81 bits per heavy atom. The molecule has 0 aromatic heterocycles. The first-order valence-electron chi connectivity index (χ1n) is 5.18. The summed E-state index contributed by atoms with van der Waals surface area (Å²) in [4.78, 5) is 13.1. The van der Waals surface area contributed by atoms with E-state index in [1.807, 2.05) is 24.1 Å². The molecule has 0 aliphatic carbocycles. The predicted molar refractivity (Wildman–Crippen MR) is 67.0 cm³/mol. The van der Waals surface area contributed by atoms with Gasteiger partial charge in [0.05, 0.1) is 11.3 Å². The van der Waals surface area contributed by atoms with Crippen molar-refractivity contribution < 1.29 is 9.90 Å². The second kappa shape index (κ2) is 4.74. The normalized spacial score (nSPS) is 18.6. The van der Waals surface area contributed by atoms with Gasteiger partial charge in [-0.25, -0.2) is 4.79 Å². The van der Waals surface area contributed by atoms with Crippen molar-refractivity contribution in [1.29, 1.82) is 0 Å². The van der Waals surface area contributed by atoms with Gasteiger partial charge < -0.3 is 10.0 Å². The fraction of sp³-hybridized carbons (Fsp3) is 0.417. The number of benzene rings is 1. The van der Waals surface area contributed by atoms with Crippen LogP contribution in [0.3, 0.4) is 0 Å². The smallest absolute Gasteiger partial charge is 0.337 e. The zero-order chi connectivity index (χ0) is 11.0. The molecule has 1 aromatic rings. The maximum absolute atomic E-state index is 11.1. The van der Waals surface area contributed by atoms with Crippen molar-refractivity contribution in [3.8, 4) is 0 Å². The van der Waals surface area contributed by atoms with Gasteiger partial charge >= 0.3 is 5.97 Å². The molecule has 4 heteroatoms. The lowest BCUT2D eigenvalue weighted by Gasteiger charge is -2.32. The summed E-state index contributed by atoms with van der Waals surface area (Å²) in [7, 11) is 1.96. The fourth-order valence-corrected chi connectivity index (χ4v) is 2.21. The Balaban J connectivity index is 0.00000128. The lowest BCUT2D eigenvalue weighted by Crippen LogP contribution is -2.28. The van der Waals surface area contributed by atoms with E-state index in [4.69, 9.17) is 5.11 Å². The van der Waals surface area contributed by atoms with Gasteiger partial charge in [0, 0.05) is 13.6 Å². The van der Waals surface area contributed by atoms with Gasteiger partial charge in [-0.1, -0.05) is 19.1 Å². The zero-order valence-electron chi connectivity index (χ0n) is 9.43. The second-order valence-electron chi connectivity index (χ2n) is 4.16. The number of fused-ring (bicyclic) bond motifs is 1. The van der Waals surface area contributed by atoms with E-state index in [1.165, 1.54) is 0 Å². The Morgan fingerprint density at radius 2 is 2.19 bits per heavy atom. The minimum absolute atomic E-state index is 0. The van der Waals surface area contributed by atoms with Crippen LogP contribution < -0.4 is 4.90 Å². The van der Waals surface area contributed by atoms with Gasteiger partial charge in [0.1, 0.15) is 0 Å². The summed E-state index contributed by atoms with van der Waals surface area (Å²) in [5, 5.41) is 9.12. The van der Waals surface area contributed by atoms with Gasteiger partial charge in [-0.15, -0.1) is 12.4 Å². The van der Waals surface area contributed by atoms with E-state index in [-0.39, 0.29) is 12.4 Å². The maximum atomic E-state index is 11.1. The average Bonchev–Trinajstić information content (AvgIpc) is 2.23. The standard InChI is InChI=1S/C12H15NO2.ClH/c1-8-6-7-13(2)11-9(8)4-3-5-10(11)12(14)15;/h3-5,8H,6-7H2,1-2H3,(H,14,15);1H. The third-order valence-electron chi connectivity index (χ3n) is 3.11. The SMILES string of the molecule is CC1CCN(C)c2c(C(=O)O)cccc21.Cl. The van der Waals surface area contributed by atoms with Crippen LogP contribution in [0.5, 0.6) is 0 Å². The predicted octanol–water partition coefficient (Wildman–Crippen LogP) is 2.75. The molecule has 1 heterocycles. The van der Waals surface area contributed by atoms with Gasteiger partial charge in [-0.3, -0.25) is 0 Å². The van der Waals surface area contributed by atoms with E-state index in [0.29, 0.717) is 11.5 Å². The number of carboxylic acid groups (broad SMARTS) is 1. The van der Waals surface area contributed by atoms with E-state index in [1.54, 1.807) is 6.07 Å². The number of hydrogen-bond donors (Lipinski definition) is 1. The monoisotopic (exact) mass is 241 g/mol. The highest BCUT2D eigenvalue weighted by Crippen LogP contribution is 2.36. The van der Waals surface area contributed by atoms with Crippen LogP contribution in [0, 0.1) is 0 Å². The summed E-state index contributed by atoms with van der Waals surface area (Å²) in [6, 6.07) is 5.54. The van der Waals surface area contributed by atoms with Crippen molar-refractivity contribution >= 4 is 24.1 Å². The molecule has 1 aromatic carbocycles. The van der Waals surface area contributed by atoms with Crippen LogP contribution in [0.2, 0.25) is 0 Å². The van der Waals surface area contributed by atoms with E-state index < -0.39 is 5.97 Å². The summed E-state index contributed by atoms with van der Waals surface area (Å²) >= 11 is 0. The molecule has 2 rings (SSSR count). The number of anilines is 1. The zero-order valence-corrected chi connectivity index (χ0v) is 10.3. The van der Waals surface area contributed by atoms with Crippen molar-refractivity contribution in [2.24, 2.45) is 0 Å². The van der Waals surface area contributed by atoms with Crippen LogP contribution >= 0.6 is 12.4 Å². The highest BCUT2D eigenvalue weighted by atomic mass is 35.5. The molecule has 1 unspecified atom stereocenters. The largest absolute Gasteiger partial charge is 0.478 e. The number of nitrogens with zero attached hydrogens (tertiary/aromatic N) is 1. The molecule has 16 heavy (non-hydrogen) atoms. The van der Waals surface area contributed by atoms with Crippen molar-refractivity contribution in [2.45, 2.75) is 19.3 Å². The van der Waals surface area contributed by atoms with Gasteiger partial charge in [-0.2, -0.15) is 0 Å². The number of carboxylic acids is 1. The molecule has 0 saturated heterocycles. The highest BCUT2D eigenvalue weighted by molar-refractivity contribution is 5.95. The molecule has 1 aliphatic rings. The Kier molecular flexibility index (Phi) is 3.81. The first-order valence-corrected chi connectivity index (χ1v) is 5.18. The highest BCUT2D eigenvalue weighted by Gasteiger charge is 2.24. The summed E-state index contributed by atoms with van der Waals surface area (Å²) in [6.45, 7) is 3.08. The first-order chi connectivity index (χ1) is 7.11. The Morgan fingerprint density at radius 1 is 1.50 bits per heavy atom. The molecular weight excluding hydrogens is 226 g/mol. The van der Waals surface area contributed by atoms with Crippen LogP contribution in [0.25, 0.3) is 0 Å². The van der Waals surface area contributed by atoms with Crippen molar-refractivity contribution in [2.75, 3.05) is 18.5 Å². The molecule has 1 N–H and O–H groups in total. The number of aromatic carboxylic acids is 1. The number of halogens is 1. The lowest BCUT2D eigenvalue weighted by atomic mass is 9.89. The molecule has 0 amide bonds. The number of hydrogen-bond acceptors (Lipinski definition) is 2. The topological polar surface area (TPSA) is 40.5 Å². The number of para-hydroxylation sites is 1. The van der Waals surface area contributed by atoms with Crippen LogP contribution in [0.4, 0.5) is 5.69 Å². The van der Waals surface area contributed by atoms with Crippen molar-refractivity contribution in [1.82, 2.24) is 0 Å². The van der Waals surface area contributed by atoms with Crippen molar-refractivity contribution in [3.05, 3.63) is 29.3 Å². The average molecular weight is 242 g/mol. The second-order valence-corrected chi connectivity index (χ2v) is 4.16. The van der Waals surface area contributed by atoms with Gasteiger partial charge in [0.2, 0.25) is 0 Å². The third kappa shape index (κ3) is 2.00. The molecule has 0 radical (unpaired) electrons. The molecular formula is C12H16ClNO2. The molecule has 3 nitrogen and oxygen atoms in total. The molecule has 0 fully saturated rings. The van der Waals surface area contributed by atoms with Gasteiger partial charge in [0.25, 0.3) is 0 Å². The van der Waals surface area contributed by atoms with Crippen LogP contribution in [0.1, 0.15) is 35.2 Å². The molecule has 0 saturated carbocycles. The van der Waals surface area contributed by atoms with Crippen molar-refractivity contribution in [3.63, 3.8) is 0 Å². The van der Waals surface area contributed by atoms with E-state index in [0.717, 1.165) is 24.2 Å². The molecule has 88 valence electrons. The van der Waals surface area contributed by atoms with E-state index >= 15 is 0 Å². The van der Waals surface area contributed by atoms with Gasteiger partial charge in [0.15, 0.2) is 0 Å². The number of carbonyl (C=O) groups is 1. The summed E-state index contributed by atoms with van der Waals surface area (Å²) in [5.74, 6) is -0.386. The van der Waals surface area contributed by atoms with Crippen LogP contribution in [-0.2, 0) is 0 Å². The van der Waals surface area contributed by atoms with Crippen LogP contribution in [-0.4, -0.2) is 24.7 Å². The minimum Gasteiger partial charge on any atom is -0.478 e. The minimum atomic E-state index is -0.840. The van der Waals surface area contributed by atoms with Crippen LogP contribution in [0.15, 0.2) is 18.2 Å². The van der Waals surface area contributed by atoms with Gasteiger partial charge in [-0.05, 0) is 24.0 Å². The third-order valence-corrected chi connectivity index (χ3v) is 3.11. The fourth-order valence-electron chi connectivity index (χ4n) is 2.21. The Hall–Kier alpha value is -1.22. The first kappa shape index (κ1) is 12.8. The summed E-state index contributed by atoms with van der Waals surface area (Å²) in [6.07, 6.45) is 1.09. The quantitative estimate of drug-likeness (QED) is 0.822. The molecule has 1 atom stereocenters. The molecule has 1 aliphatic heterocycles. The number of rotatable bonds is 1. The summed E-state index contributed by atoms with van der Waals surface area (Å²) < 4.78 is 0. The Bertz CT molecular complexity index is 406. The lowest BCUT2D eigenvalue weighted by molar-refractivity contribution is 0.0697.